The minimum Gasteiger partial charge on any atom is -0.465 e. The zero-order valence-corrected chi connectivity index (χ0v) is 12.4. The van der Waals surface area contributed by atoms with Crippen LogP contribution in [0.1, 0.15) is 0 Å². The molecule has 106 valence electrons. The second kappa shape index (κ2) is 7.45. The highest BCUT2D eigenvalue weighted by Crippen LogP contribution is 2.23. The lowest BCUT2D eigenvalue weighted by atomic mass is 9.99. The monoisotopic (exact) mass is 391 g/mol. The predicted octanol–water partition coefficient (Wildman–Crippen LogP) is 1.05. The molecular weight excluding hydrogens is 381 g/mol. The number of carbonyl (C=O) groups excluding carboxylic acids is 1. The Bertz CT molecular complexity index is 562. The summed E-state index contributed by atoms with van der Waals surface area (Å²) in [4.78, 5) is 28.9. The van der Waals surface area contributed by atoms with E-state index in [4.69, 9.17) is 11.3 Å². The van der Waals surface area contributed by atoms with Crippen LogP contribution in [0.4, 0.5) is 0 Å². The molecule has 0 aromatic carbocycles. The fourth-order valence-corrected chi connectivity index (χ4v) is 1.92. The summed E-state index contributed by atoms with van der Waals surface area (Å²) in [7, 11) is 1.19. The molecule has 0 saturated carbocycles. The molecule has 0 spiro atoms. The van der Waals surface area contributed by atoms with E-state index in [0.717, 1.165) is 0 Å². The number of methoxy groups -OCH3 is 1. The Kier molecular flexibility index (Phi) is 5.93. The third kappa shape index (κ3) is 3.45. The average Bonchev–Trinajstić information content (AvgIpc) is 2.50. The lowest BCUT2D eigenvalue weighted by Crippen LogP contribution is -2.30. The van der Waals surface area contributed by atoms with E-state index in [1.807, 2.05) is 0 Å². The van der Waals surface area contributed by atoms with Gasteiger partial charge in [0.15, 0.2) is 0 Å². The molecular formula is C9H10IN7O3. The molecule has 1 rings (SSSR count). The minimum atomic E-state index is -1.06. The van der Waals surface area contributed by atoms with E-state index in [9.17, 15) is 9.70 Å². The molecule has 20 heavy (non-hydrogen) atoms. The van der Waals surface area contributed by atoms with Gasteiger partial charge in [-0.05, 0) is 16.8 Å². The van der Waals surface area contributed by atoms with Crippen molar-refractivity contribution in [1.29, 1.82) is 0 Å². The molecule has 0 aromatic rings. The summed E-state index contributed by atoms with van der Waals surface area (Å²) in [6, 6.07) is 0. The van der Waals surface area contributed by atoms with E-state index in [1.54, 1.807) is 22.9 Å². The number of nitrogens with two attached hydrogens (primary N) is 1. The van der Waals surface area contributed by atoms with Crippen molar-refractivity contribution in [1.82, 2.24) is 3.53 Å². The number of nitrogens with one attached hydrogen (secondary N) is 1. The first-order valence-corrected chi connectivity index (χ1v) is 6.24. The number of nitroso groups, excluding NO2 is 1. The zero-order chi connectivity index (χ0) is 15.1. The summed E-state index contributed by atoms with van der Waals surface area (Å²) in [6.45, 7) is -0.156. The minimum absolute atomic E-state index is 0.0388. The van der Waals surface area contributed by atoms with Gasteiger partial charge in [0.2, 0.25) is 6.17 Å². The van der Waals surface area contributed by atoms with Gasteiger partial charge in [0.1, 0.15) is 5.84 Å². The maximum Gasteiger partial charge on any atom is 0.338 e. The zero-order valence-electron chi connectivity index (χ0n) is 10.3. The van der Waals surface area contributed by atoms with Gasteiger partial charge in [-0.25, -0.2) is 9.79 Å². The Balaban J connectivity index is 3.39. The molecule has 0 fully saturated rings. The number of dihydropyridines is 1. The van der Waals surface area contributed by atoms with E-state index >= 15 is 0 Å². The van der Waals surface area contributed by atoms with Crippen molar-refractivity contribution in [3.63, 3.8) is 0 Å². The topological polar surface area (TPSA) is 155 Å². The number of esters is 1. The molecule has 0 aliphatic carbocycles. The number of hydrogen-bond acceptors (Lipinski definition) is 8. The molecule has 1 atom stereocenters. The smallest absolute Gasteiger partial charge is 0.338 e. The molecule has 1 unspecified atom stereocenters. The first kappa shape index (κ1) is 15.9. The van der Waals surface area contributed by atoms with Crippen molar-refractivity contribution >= 4 is 34.7 Å². The SMILES string of the molecule is COC(=O)C1=CC(N=O)N=C(NI)C1=C(N)CN=[N+]=[N-]. The third-order valence-electron chi connectivity index (χ3n) is 2.31. The van der Waals surface area contributed by atoms with Crippen LogP contribution in [0.15, 0.2) is 38.2 Å². The number of ether oxygens (including phenoxy) is 1. The number of amidine groups is 1. The van der Waals surface area contributed by atoms with Crippen molar-refractivity contribution in [2.45, 2.75) is 6.17 Å². The Hall–Kier alpha value is -2.14. The van der Waals surface area contributed by atoms with Crippen molar-refractivity contribution in [3.05, 3.63) is 38.3 Å². The van der Waals surface area contributed by atoms with Crippen LogP contribution in [0.3, 0.4) is 0 Å². The van der Waals surface area contributed by atoms with E-state index in [-0.39, 0.29) is 29.2 Å². The normalized spacial score (nSPS) is 20.0. The summed E-state index contributed by atoms with van der Waals surface area (Å²) in [5, 5.41) is 6.08. The number of hydrogen-bond donors (Lipinski definition) is 2. The van der Waals surface area contributed by atoms with E-state index in [0.29, 0.717) is 0 Å². The highest BCUT2D eigenvalue weighted by atomic mass is 127. The summed E-state index contributed by atoms with van der Waals surface area (Å²) in [6.07, 6.45) is 0.173. The van der Waals surface area contributed by atoms with E-state index in [1.165, 1.54) is 13.2 Å². The first-order valence-electron chi connectivity index (χ1n) is 5.16. The fourth-order valence-electron chi connectivity index (χ4n) is 1.51. The van der Waals surface area contributed by atoms with Crippen molar-refractivity contribution in [2.24, 2.45) is 21.0 Å². The molecule has 3 N–H and O–H groups in total. The molecule has 1 aliphatic rings. The maximum absolute atomic E-state index is 11.8. The predicted molar refractivity (Wildman–Crippen MR) is 79.5 cm³/mol. The van der Waals surface area contributed by atoms with Gasteiger partial charge in [0.05, 0.1) is 47.7 Å². The summed E-state index contributed by atoms with van der Waals surface area (Å²) in [5.74, 6) is -0.514. The van der Waals surface area contributed by atoms with Gasteiger partial charge in [-0.15, -0.1) is 4.91 Å². The molecule has 1 heterocycles. The average molecular weight is 391 g/mol. The molecule has 0 radical (unpaired) electrons. The maximum atomic E-state index is 11.8. The largest absolute Gasteiger partial charge is 0.465 e. The lowest BCUT2D eigenvalue weighted by Gasteiger charge is -2.19. The number of aliphatic imine (C=N–C) groups is 1. The van der Waals surface area contributed by atoms with Crippen LogP contribution in [0, 0.1) is 4.91 Å². The van der Waals surface area contributed by atoms with Crippen LogP contribution < -0.4 is 9.26 Å². The number of carbonyl (C=O) groups is 1. The molecule has 0 bridgehead atoms. The quantitative estimate of drug-likeness (QED) is 0.139. The number of halogens is 1. The molecule has 0 aromatic heterocycles. The molecule has 11 heteroatoms. The van der Waals surface area contributed by atoms with Gasteiger partial charge < -0.3 is 14.0 Å². The highest BCUT2D eigenvalue weighted by Gasteiger charge is 2.28. The van der Waals surface area contributed by atoms with Crippen LogP contribution in [0.5, 0.6) is 0 Å². The van der Waals surface area contributed by atoms with E-state index < -0.39 is 12.1 Å². The Morgan fingerprint density at radius 1 is 1.75 bits per heavy atom. The lowest BCUT2D eigenvalue weighted by molar-refractivity contribution is -0.135. The fraction of sp³-hybridized carbons (Fsp3) is 0.333. The standard InChI is InChI=1S/C9H10IN7O3/c1-20-9(18)4-2-6(16-19)14-8(15-10)7(4)5(11)3-13-17-12/h2,6H,3,11H2,1H3,(H,14,15). The molecule has 0 amide bonds. The highest BCUT2D eigenvalue weighted by molar-refractivity contribution is 14.1. The molecule has 0 saturated heterocycles. The van der Waals surface area contributed by atoms with Gasteiger partial charge in [-0.2, -0.15) is 0 Å². The Labute approximate surface area is 127 Å². The van der Waals surface area contributed by atoms with Crippen molar-refractivity contribution in [2.75, 3.05) is 13.7 Å². The van der Waals surface area contributed by atoms with Crippen LogP contribution in [-0.4, -0.2) is 31.6 Å². The molecule has 1 aliphatic heterocycles. The van der Waals surface area contributed by atoms with E-state index in [2.05, 4.69) is 28.5 Å². The number of azide groups is 1. The Morgan fingerprint density at radius 3 is 2.95 bits per heavy atom. The summed E-state index contributed by atoms with van der Waals surface area (Å²) >= 11 is 1.77. The van der Waals surface area contributed by atoms with Gasteiger partial charge >= 0.3 is 5.97 Å². The van der Waals surface area contributed by atoms with Gasteiger partial charge in [-0.3, -0.25) is 0 Å². The third-order valence-corrected chi connectivity index (χ3v) is 2.82. The van der Waals surface area contributed by atoms with Gasteiger partial charge in [0.25, 0.3) is 0 Å². The van der Waals surface area contributed by atoms with Gasteiger partial charge in [-0.1, -0.05) is 5.11 Å². The molecule has 10 nitrogen and oxygen atoms in total. The Morgan fingerprint density at radius 2 is 2.45 bits per heavy atom. The summed E-state index contributed by atoms with van der Waals surface area (Å²) < 4.78 is 7.32. The van der Waals surface area contributed by atoms with Gasteiger partial charge in [0, 0.05) is 10.6 Å². The number of nitrogens with zero attached hydrogens (tertiary/aromatic N) is 5. The second-order valence-electron chi connectivity index (χ2n) is 3.45. The first-order chi connectivity index (χ1) is 9.58. The van der Waals surface area contributed by atoms with Crippen LogP contribution in [0.25, 0.3) is 10.4 Å². The van der Waals surface area contributed by atoms with Crippen LogP contribution >= 0.6 is 22.9 Å². The van der Waals surface area contributed by atoms with Crippen molar-refractivity contribution < 1.29 is 9.53 Å². The second-order valence-corrected chi connectivity index (χ2v) is 3.99. The summed E-state index contributed by atoms with van der Waals surface area (Å²) in [5.41, 5.74) is 14.5. The van der Waals surface area contributed by atoms with Crippen LogP contribution in [-0.2, 0) is 9.53 Å². The van der Waals surface area contributed by atoms with Crippen molar-refractivity contribution in [3.8, 4) is 0 Å². The number of rotatable bonds is 4. The van der Waals surface area contributed by atoms with Crippen LogP contribution in [0.2, 0.25) is 0 Å².